The maximum Gasteiger partial charge on any atom is 0.225 e. The van der Waals surface area contributed by atoms with Crippen molar-refractivity contribution in [1.82, 2.24) is 15.1 Å². The van der Waals surface area contributed by atoms with Crippen LogP contribution >= 0.6 is 0 Å². The lowest BCUT2D eigenvalue weighted by molar-refractivity contribution is -0.127. The van der Waals surface area contributed by atoms with Gasteiger partial charge in [0.2, 0.25) is 5.91 Å². The molecule has 2 fully saturated rings. The Labute approximate surface area is 210 Å². The number of ketones is 1. The molecule has 5 nitrogen and oxygen atoms in total. The lowest BCUT2D eigenvalue weighted by atomic mass is 9.82. The SMILES string of the molecule is CN1C(C)(C)CC(C(=O)CCCCCCCCCNC(=O)C2CC(C)(C)N(C)C2(C)C)C1(C)C. The number of hydrogen-bond acceptors (Lipinski definition) is 4. The minimum Gasteiger partial charge on any atom is -0.356 e. The van der Waals surface area contributed by atoms with Gasteiger partial charge in [-0.1, -0.05) is 32.1 Å². The number of rotatable bonds is 12. The van der Waals surface area contributed by atoms with Gasteiger partial charge in [-0.15, -0.1) is 0 Å². The zero-order chi connectivity index (χ0) is 25.9. The summed E-state index contributed by atoms with van der Waals surface area (Å²) in [5.74, 6) is 0.880. The number of hydrogen-bond donors (Lipinski definition) is 1. The fraction of sp³-hybridized carbons (Fsp3) is 0.931. The highest BCUT2D eigenvalue weighted by Gasteiger charge is 2.52. The Hall–Kier alpha value is -0.940. The summed E-state index contributed by atoms with van der Waals surface area (Å²) in [5, 5.41) is 3.20. The van der Waals surface area contributed by atoms with Crippen LogP contribution in [0.15, 0.2) is 0 Å². The van der Waals surface area contributed by atoms with E-state index in [1.165, 1.54) is 19.3 Å². The number of nitrogens with one attached hydrogen (secondary N) is 1. The van der Waals surface area contributed by atoms with Crippen LogP contribution in [0.25, 0.3) is 0 Å². The Bertz CT molecular complexity index is 650. The quantitative estimate of drug-likeness (QED) is 0.360. The summed E-state index contributed by atoms with van der Waals surface area (Å²) in [6.07, 6.45) is 10.6. The Morgan fingerprint density at radius 2 is 1.09 bits per heavy atom. The first-order valence-corrected chi connectivity index (χ1v) is 13.8. The standard InChI is InChI=1S/C29H55N3O2/c1-26(2)20-22(28(5,6)31(26)9)24(33)18-16-14-12-11-13-15-17-19-30-25(34)23-21-27(3,4)32(10)29(23,7)8/h22-23H,11-21H2,1-10H3,(H,30,34). The van der Waals surface area contributed by atoms with E-state index in [4.69, 9.17) is 0 Å². The van der Waals surface area contributed by atoms with Gasteiger partial charge in [0.25, 0.3) is 0 Å². The number of Topliss-reactive ketones (excluding diaryl/α,β-unsaturated/α-hetero) is 1. The normalized spacial score (nSPS) is 27.7. The first kappa shape index (κ1) is 29.3. The monoisotopic (exact) mass is 477 g/mol. The number of likely N-dealkylation sites (tertiary alicyclic amines) is 2. The highest BCUT2D eigenvalue weighted by atomic mass is 16.2. The van der Waals surface area contributed by atoms with E-state index < -0.39 is 0 Å². The van der Waals surface area contributed by atoms with Crippen LogP contribution < -0.4 is 5.32 Å². The van der Waals surface area contributed by atoms with Crippen LogP contribution in [0, 0.1) is 11.8 Å². The molecule has 0 aromatic rings. The van der Waals surface area contributed by atoms with Crippen molar-refractivity contribution in [3.8, 4) is 0 Å². The molecule has 0 spiro atoms. The van der Waals surface area contributed by atoms with Crippen LogP contribution in [-0.2, 0) is 9.59 Å². The van der Waals surface area contributed by atoms with Crippen molar-refractivity contribution in [2.45, 2.75) is 142 Å². The number of carbonyl (C=O) groups is 2. The van der Waals surface area contributed by atoms with Crippen molar-refractivity contribution in [3.63, 3.8) is 0 Å². The van der Waals surface area contributed by atoms with E-state index >= 15 is 0 Å². The van der Waals surface area contributed by atoms with E-state index in [2.05, 4.69) is 84.6 Å². The zero-order valence-electron chi connectivity index (χ0n) is 24.1. The highest BCUT2D eigenvalue weighted by Crippen LogP contribution is 2.45. The molecule has 2 heterocycles. The van der Waals surface area contributed by atoms with E-state index in [9.17, 15) is 9.59 Å². The van der Waals surface area contributed by atoms with Crippen molar-refractivity contribution in [3.05, 3.63) is 0 Å². The summed E-state index contributed by atoms with van der Waals surface area (Å²) in [5.41, 5.74) is 0.0180. The fourth-order valence-corrected chi connectivity index (χ4v) is 6.54. The highest BCUT2D eigenvalue weighted by molar-refractivity contribution is 5.83. The number of nitrogens with zero attached hydrogens (tertiary/aromatic N) is 2. The van der Waals surface area contributed by atoms with Crippen LogP contribution in [0.2, 0.25) is 0 Å². The molecule has 5 heteroatoms. The lowest BCUT2D eigenvalue weighted by Gasteiger charge is -2.38. The van der Waals surface area contributed by atoms with Gasteiger partial charge in [-0.3, -0.25) is 19.4 Å². The minimum absolute atomic E-state index is 0.0460. The van der Waals surface area contributed by atoms with Crippen LogP contribution in [-0.4, -0.2) is 64.3 Å². The van der Waals surface area contributed by atoms with Crippen LogP contribution in [0.4, 0.5) is 0 Å². The smallest absolute Gasteiger partial charge is 0.225 e. The Balaban J connectivity index is 1.54. The number of carbonyl (C=O) groups excluding carboxylic acids is 2. The first-order chi connectivity index (χ1) is 15.5. The molecule has 0 aromatic heterocycles. The molecule has 2 saturated heterocycles. The fourth-order valence-electron chi connectivity index (χ4n) is 6.54. The van der Waals surface area contributed by atoms with Crippen LogP contribution in [0.5, 0.6) is 0 Å². The molecule has 0 radical (unpaired) electrons. The van der Waals surface area contributed by atoms with Crippen molar-refractivity contribution in [2.75, 3.05) is 20.6 Å². The average molecular weight is 478 g/mol. The van der Waals surface area contributed by atoms with Gasteiger partial charge in [-0.05, 0) is 95.2 Å². The molecule has 0 aliphatic carbocycles. The maximum absolute atomic E-state index is 12.9. The maximum atomic E-state index is 12.9. The van der Waals surface area contributed by atoms with Gasteiger partial charge >= 0.3 is 0 Å². The molecular weight excluding hydrogens is 422 g/mol. The summed E-state index contributed by atoms with van der Waals surface area (Å²) in [4.78, 5) is 30.4. The molecule has 0 saturated carbocycles. The van der Waals surface area contributed by atoms with E-state index in [1.807, 2.05) is 0 Å². The second-order valence-electron chi connectivity index (χ2n) is 13.5. The Morgan fingerprint density at radius 3 is 1.53 bits per heavy atom. The van der Waals surface area contributed by atoms with Gasteiger partial charge in [0.1, 0.15) is 5.78 Å². The Kier molecular flexibility index (Phi) is 9.46. The average Bonchev–Trinajstić information content (AvgIpc) is 3.01. The molecule has 2 unspecified atom stereocenters. The molecule has 2 rings (SSSR count). The summed E-state index contributed by atoms with van der Waals surface area (Å²) in [7, 11) is 4.30. The van der Waals surface area contributed by atoms with Crippen LogP contribution in [0.1, 0.15) is 120 Å². The number of unbranched alkanes of at least 4 members (excludes halogenated alkanes) is 6. The van der Waals surface area contributed by atoms with Gasteiger partial charge in [0, 0.05) is 41.0 Å². The van der Waals surface area contributed by atoms with Gasteiger partial charge in [-0.25, -0.2) is 0 Å². The van der Waals surface area contributed by atoms with Crippen LogP contribution in [0.3, 0.4) is 0 Å². The molecule has 2 aliphatic rings. The zero-order valence-corrected chi connectivity index (χ0v) is 24.1. The predicted molar refractivity (Wildman–Crippen MR) is 143 cm³/mol. The minimum atomic E-state index is -0.103. The summed E-state index contributed by atoms with van der Waals surface area (Å²) in [6, 6.07) is 0. The summed E-state index contributed by atoms with van der Waals surface area (Å²) >= 11 is 0. The van der Waals surface area contributed by atoms with E-state index in [0.717, 1.165) is 51.5 Å². The van der Waals surface area contributed by atoms with E-state index in [-0.39, 0.29) is 39.9 Å². The Morgan fingerprint density at radius 1 is 0.676 bits per heavy atom. The molecule has 0 aromatic carbocycles. The largest absolute Gasteiger partial charge is 0.356 e. The molecule has 0 bridgehead atoms. The third kappa shape index (κ3) is 6.43. The van der Waals surface area contributed by atoms with Gasteiger partial charge in [0.15, 0.2) is 0 Å². The number of amides is 1. The molecule has 34 heavy (non-hydrogen) atoms. The van der Waals surface area contributed by atoms with Gasteiger partial charge < -0.3 is 5.32 Å². The van der Waals surface area contributed by atoms with Crippen molar-refractivity contribution in [2.24, 2.45) is 11.8 Å². The van der Waals surface area contributed by atoms with Gasteiger partial charge in [-0.2, -0.15) is 0 Å². The third-order valence-corrected chi connectivity index (χ3v) is 9.76. The second kappa shape index (κ2) is 11.0. The molecule has 2 aliphatic heterocycles. The van der Waals surface area contributed by atoms with E-state index in [1.54, 1.807) is 0 Å². The summed E-state index contributed by atoms with van der Waals surface area (Å²) in [6.45, 7) is 18.6. The molecule has 1 N–H and O–H groups in total. The topological polar surface area (TPSA) is 52.7 Å². The van der Waals surface area contributed by atoms with Gasteiger partial charge in [0.05, 0.1) is 5.92 Å². The molecule has 1 amide bonds. The third-order valence-electron chi connectivity index (χ3n) is 9.76. The van der Waals surface area contributed by atoms with Crippen molar-refractivity contribution < 1.29 is 9.59 Å². The first-order valence-electron chi connectivity index (χ1n) is 13.8. The lowest BCUT2D eigenvalue weighted by Crippen LogP contribution is -2.49. The second-order valence-corrected chi connectivity index (χ2v) is 13.5. The van der Waals surface area contributed by atoms with E-state index in [0.29, 0.717) is 5.78 Å². The predicted octanol–water partition coefficient (Wildman–Crippen LogP) is 5.81. The summed E-state index contributed by atoms with van der Waals surface area (Å²) < 4.78 is 0. The molecular formula is C29H55N3O2. The molecule has 2 atom stereocenters. The molecule has 198 valence electrons. The van der Waals surface area contributed by atoms with Crippen molar-refractivity contribution >= 4 is 11.7 Å². The van der Waals surface area contributed by atoms with Crippen molar-refractivity contribution in [1.29, 1.82) is 0 Å².